The second kappa shape index (κ2) is 6.46. The SMILES string of the molecule is N#Cc1c(-c2ccccc2)c(C(F)(F)F)nn1-c1ccc(C(F)(F)F)cc1. The molecule has 1 heterocycles. The van der Waals surface area contributed by atoms with Crippen LogP contribution in [0.15, 0.2) is 54.6 Å². The molecule has 0 aliphatic heterocycles. The molecule has 9 heteroatoms. The van der Waals surface area contributed by atoms with Crippen LogP contribution in [0, 0.1) is 11.3 Å². The molecule has 27 heavy (non-hydrogen) atoms. The first kappa shape index (κ1) is 18.5. The summed E-state index contributed by atoms with van der Waals surface area (Å²) >= 11 is 0. The lowest BCUT2D eigenvalue weighted by atomic mass is 10.0. The van der Waals surface area contributed by atoms with Gasteiger partial charge < -0.3 is 0 Å². The second-order valence-corrected chi connectivity index (χ2v) is 5.50. The van der Waals surface area contributed by atoms with Gasteiger partial charge in [0.05, 0.1) is 16.8 Å². The van der Waals surface area contributed by atoms with Crippen LogP contribution in [-0.4, -0.2) is 9.78 Å². The fraction of sp³-hybridized carbons (Fsp3) is 0.111. The monoisotopic (exact) mass is 381 g/mol. The Bertz CT molecular complexity index is 993. The summed E-state index contributed by atoms with van der Waals surface area (Å²) in [5.41, 5.74) is -3.06. The van der Waals surface area contributed by atoms with Gasteiger partial charge >= 0.3 is 12.4 Å². The zero-order valence-electron chi connectivity index (χ0n) is 13.3. The minimum atomic E-state index is -4.85. The van der Waals surface area contributed by atoms with E-state index in [1.54, 1.807) is 12.1 Å². The Morgan fingerprint density at radius 1 is 0.815 bits per heavy atom. The van der Waals surface area contributed by atoms with Crippen LogP contribution in [0.25, 0.3) is 16.8 Å². The summed E-state index contributed by atoms with van der Waals surface area (Å²) in [6, 6.07) is 12.4. The minimum Gasteiger partial charge on any atom is -0.222 e. The van der Waals surface area contributed by atoms with E-state index < -0.39 is 34.9 Å². The normalized spacial score (nSPS) is 12.0. The van der Waals surface area contributed by atoms with Gasteiger partial charge in [-0.25, -0.2) is 4.68 Å². The Hall–Kier alpha value is -3.28. The van der Waals surface area contributed by atoms with E-state index in [0.29, 0.717) is 16.8 Å². The maximum absolute atomic E-state index is 13.5. The van der Waals surface area contributed by atoms with Gasteiger partial charge in [-0.2, -0.15) is 36.7 Å². The van der Waals surface area contributed by atoms with Crippen molar-refractivity contribution in [2.75, 3.05) is 0 Å². The van der Waals surface area contributed by atoms with E-state index >= 15 is 0 Å². The summed E-state index contributed by atoms with van der Waals surface area (Å²) in [4.78, 5) is 0. The molecule has 0 atom stereocenters. The van der Waals surface area contributed by atoms with Gasteiger partial charge in [-0.15, -0.1) is 0 Å². The molecule has 0 aliphatic carbocycles. The van der Waals surface area contributed by atoms with Crippen LogP contribution in [0.4, 0.5) is 26.3 Å². The maximum Gasteiger partial charge on any atom is 0.435 e. The largest absolute Gasteiger partial charge is 0.435 e. The lowest BCUT2D eigenvalue weighted by Gasteiger charge is -2.08. The molecule has 0 saturated heterocycles. The quantitative estimate of drug-likeness (QED) is 0.554. The number of alkyl halides is 6. The number of hydrogen-bond donors (Lipinski definition) is 0. The number of rotatable bonds is 2. The lowest BCUT2D eigenvalue weighted by Crippen LogP contribution is -2.09. The van der Waals surface area contributed by atoms with E-state index in [1.165, 1.54) is 24.3 Å². The molecule has 0 fully saturated rings. The number of benzene rings is 2. The van der Waals surface area contributed by atoms with Crippen molar-refractivity contribution >= 4 is 0 Å². The summed E-state index contributed by atoms with van der Waals surface area (Å²) in [5.74, 6) is 0. The van der Waals surface area contributed by atoms with Crippen molar-refractivity contribution < 1.29 is 26.3 Å². The third-order valence-corrected chi connectivity index (χ3v) is 3.76. The van der Waals surface area contributed by atoms with Crippen molar-refractivity contribution in [3.8, 4) is 22.9 Å². The zero-order valence-corrected chi connectivity index (χ0v) is 13.3. The summed E-state index contributed by atoms with van der Waals surface area (Å²) in [6.45, 7) is 0. The van der Waals surface area contributed by atoms with E-state index in [0.717, 1.165) is 12.1 Å². The molecule has 0 spiro atoms. The Kier molecular flexibility index (Phi) is 4.43. The van der Waals surface area contributed by atoms with Gasteiger partial charge in [-0.1, -0.05) is 30.3 Å². The highest BCUT2D eigenvalue weighted by molar-refractivity contribution is 5.73. The van der Waals surface area contributed by atoms with Crippen molar-refractivity contribution in [1.29, 1.82) is 5.26 Å². The van der Waals surface area contributed by atoms with E-state index in [4.69, 9.17) is 0 Å². The molecular weight excluding hydrogens is 372 g/mol. The predicted octanol–water partition coefficient (Wildman–Crippen LogP) is 5.45. The molecule has 3 rings (SSSR count). The van der Waals surface area contributed by atoms with Gasteiger partial charge in [0, 0.05) is 0 Å². The molecule has 0 unspecified atom stereocenters. The van der Waals surface area contributed by atoms with Gasteiger partial charge in [0.1, 0.15) is 6.07 Å². The smallest absolute Gasteiger partial charge is 0.222 e. The average molecular weight is 381 g/mol. The molecule has 1 aromatic heterocycles. The first-order valence-electron chi connectivity index (χ1n) is 7.46. The standard InChI is InChI=1S/C18H9F6N3/c19-17(20,21)12-6-8-13(9-7-12)27-14(10-25)15(11-4-2-1-3-5-11)16(26-27)18(22,23)24/h1-9H. The van der Waals surface area contributed by atoms with Crippen molar-refractivity contribution in [1.82, 2.24) is 9.78 Å². The molecule has 0 bridgehead atoms. The van der Waals surface area contributed by atoms with E-state index in [9.17, 15) is 31.6 Å². The molecule has 138 valence electrons. The van der Waals surface area contributed by atoms with Gasteiger partial charge in [0.2, 0.25) is 0 Å². The van der Waals surface area contributed by atoms with Crippen LogP contribution in [0.2, 0.25) is 0 Å². The van der Waals surface area contributed by atoms with Crippen molar-refractivity contribution in [2.24, 2.45) is 0 Å². The fourth-order valence-electron chi connectivity index (χ4n) is 2.58. The van der Waals surface area contributed by atoms with Gasteiger partial charge in [-0.05, 0) is 29.8 Å². The Morgan fingerprint density at radius 2 is 1.41 bits per heavy atom. The van der Waals surface area contributed by atoms with Crippen LogP contribution in [0.1, 0.15) is 17.0 Å². The topological polar surface area (TPSA) is 41.6 Å². The number of nitriles is 1. The third kappa shape index (κ3) is 3.51. The molecule has 0 radical (unpaired) electrons. The van der Waals surface area contributed by atoms with Crippen molar-refractivity contribution in [2.45, 2.75) is 12.4 Å². The van der Waals surface area contributed by atoms with Gasteiger partial charge in [0.15, 0.2) is 11.4 Å². The van der Waals surface area contributed by atoms with E-state index in [1.807, 2.05) is 0 Å². The van der Waals surface area contributed by atoms with Crippen molar-refractivity contribution in [3.05, 3.63) is 71.5 Å². The maximum atomic E-state index is 13.5. The molecule has 3 nitrogen and oxygen atoms in total. The zero-order chi connectivity index (χ0) is 19.8. The summed E-state index contributed by atoms with van der Waals surface area (Å²) in [5, 5.41) is 12.9. The van der Waals surface area contributed by atoms with Crippen LogP contribution < -0.4 is 0 Å². The second-order valence-electron chi connectivity index (χ2n) is 5.50. The van der Waals surface area contributed by atoms with Gasteiger partial charge in [0.25, 0.3) is 0 Å². The molecular formula is C18H9F6N3. The molecule has 0 aliphatic rings. The van der Waals surface area contributed by atoms with Crippen LogP contribution >= 0.6 is 0 Å². The first-order valence-corrected chi connectivity index (χ1v) is 7.46. The number of halogens is 6. The molecule has 2 aromatic carbocycles. The van der Waals surface area contributed by atoms with E-state index in [2.05, 4.69) is 5.10 Å². The third-order valence-electron chi connectivity index (χ3n) is 3.76. The van der Waals surface area contributed by atoms with E-state index in [-0.39, 0.29) is 11.3 Å². The highest BCUT2D eigenvalue weighted by Gasteiger charge is 2.40. The highest BCUT2D eigenvalue weighted by atomic mass is 19.4. The number of aromatic nitrogens is 2. The summed E-state index contributed by atoms with van der Waals surface area (Å²) in [7, 11) is 0. The number of nitrogens with zero attached hydrogens (tertiary/aromatic N) is 3. The number of hydrogen-bond acceptors (Lipinski definition) is 2. The average Bonchev–Trinajstić information content (AvgIpc) is 3.02. The fourth-order valence-corrected chi connectivity index (χ4v) is 2.58. The Morgan fingerprint density at radius 3 is 1.89 bits per heavy atom. The minimum absolute atomic E-state index is 0.0905. The van der Waals surface area contributed by atoms with Crippen molar-refractivity contribution in [3.63, 3.8) is 0 Å². The molecule has 0 saturated carbocycles. The Balaban J connectivity index is 2.23. The van der Waals surface area contributed by atoms with Crippen LogP contribution in [0.3, 0.4) is 0 Å². The van der Waals surface area contributed by atoms with Crippen LogP contribution in [-0.2, 0) is 12.4 Å². The lowest BCUT2D eigenvalue weighted by molar-refractivity contribution is -0.141. The van der Waals surface area contributed by atoms with Gasteiger partial charge in [-0.3, -0.25) is 0 Å². The highest BCUT2D eigenvalue weighted by Crippen LogP contribution is 2.39. The first-order chi connectivity index (χ1) is 12.6. The van der Waals surface area contributed by atoms with Crippen LogP contribution in [0.5, 0.6) is 0 Å². The molecule has 0 amide bonds. The summed E-state index contributed by atoms with van der Waals surface area (Å²) < 4.78 is 79.2. The summed E-state index contributed by atoms with van der Waals surface area (Å²) in [6.07, 6.45) is -9.44. The molecule has 0 N–H and O–H groups in total. The molecule has 3 aromatic rings. The Labute approximate surface area is 149 Å². The predicted molar refractivity (Wildman–Crippen MR) is 83.7 cm³/mol.